The van der Waals surface area contributed by atoms with Crippen LogP contribution in [0.3, 0.4) is 0 Å². The molecule has 0 radical (unpaired) electrons. The van der Waals surface area contributed by atoms with Crippen LogP contribution in [-0.2, 0) is 0 Å². The summed E-state index contributed by atoms with van der Waals surface area (Å²) in [6.07, 6.45) is 9.87. The van der Waals surface area contributed by atoms with Gasteiger partial charge < -0.3 is 10.4 Å². The normalized spacial score (nSPS) is 39.6. The highest BCUT2D eigenvalue weighted by Gasteiger charge is 2.35. The Kier molecular flexibility index (Phi) is 3.91. The molecule has 0 heterocycles. The van der Waals surface area contributed by atoms with E-state index in [0.29, 0.717) is 17.5 Å². The van der Waals surface area contributed by atoms with E-state index in [1.165, 1.54) is 38.5 Å². The number of aliphatic hydroxyl groups is 1. The van der Waals surface area contributed by atoms with Gasteiger partial charge in [-0.3, -0.25) is 0 Å². The fraction of sp³-hybridized carbons (Fsp3) is 1.00. The van der Waals surface area contributed by atoms with E-state index in [1.54, 1.807) is 0 Å². The van der Waals surface area contributed by atoms with Gasteiger partial charge in [-0.25, -0.2) is 0 Å². The molecule has 16 heavy (non-hydrogen) atoms. The minimum Gasteiger partial charge on any atom is -0.392 e. The average molecular weight is 225 g/mol. The van der Waals surface area contributed by atoms with Crippen LogP contribution in [0.25, 0.3) is 0 Å². The summed E-state index contributed by atoms with van der Waals surface area (Å²) in [7, 11) is 0. The lowest BCUT2D eigenvalue weighted by Gasteiger charge is -2.43. The third kappa shape index (κ3) is 2.78. The molecular formula is C14H27NO. The number of nitrogens with one attached hydrogen (secondary N) is 1. The first-order chi connectivity index (χ1) is 7.59. The zero-order chi connectivity index (χ0) is 11.6. The Bertz CT molecular complexity index is 227. The summed E-state index contributed by atoms with van der Waals surface area (Å²) < 4.78 is 0. The maximum Gasteiger partial charge on any atom is 0.0693 e. The highest BCUT2D eigenvalue weighted by molar-refractivity contribution is 4.92. The standard InChI is InChI=1S/C14H27NO/c1-14(2)10-6-5-9-13(14)15-11-7-3-4-8-12(11)16/h11-13,15-16H,3-10H2,1-2H3/t11-,12-,13?/m1/s1. The molecule has 0 aliphatic heterocycles. The molecule has 2 fully saturated rings. The third-order valence-corrected chi connectivity index (χ3v) is 4.65. The molecule has 0 saturated heterocycles. The van der Waals surface area contributed by atoms with Gasteiger partial charge in [0.1, 0.15) is 0 Å². The molecule has 0 aromatic rings. The lowest BCUT2D eigenvalue weighted by Crippen LogP contribution is -2.53. The Morgan fingerprint density at radius 3 is 2.38 bits per heavy atom. The highest BCUT2D eigenvalue weighted by Crippen LogP contribution is 2.36. The summed E-state index contributed by atoms with van der Waals surface area (Å²) >= 11 is 0. The van der Waals surface area contributed by atoms with Crippen LogP contribution in [0.4, 0.5) is 0 Å². The minimum atomic E-state index is -0.105. The Balaban J connectivity index is 1.91. The van der Waals surface area contributed by atoms with E-state index in [0.717, 1.165) is 12.8 Å². The Labute approximate surface area is 99.8 Å². The smallest absolute Gasteiger partial charge is 0.0693 e. The lowest BCUT2D eigenvalue weighted by molar-refractivity contribution is 0.0608. The highest BCUT2D eigenvalue weighted by atomic mass is 16.3. The van der Waals surface area contributed by atoms with Crippen molar-refractivity contribution in [1.82, 2.24) is 5.32 Å². The fourth-order valence-corrected chi connectivity index (χ4v) is 3.37. The van der Waals surface area contributed by atoms with Crippen LogP contribution in [-0.4, -0.2) is 23.3 Å². The summed E-state index contributed by atoms with van der Waals surface area (Å²) in [5.41, 5.74) is 0.412. The second kappa shape index (κ2) is 5.05. The van der Waals surface area contributed by atoms with Gasteiger partial charge in [-0.1, -0.05) is 39.5 Å². The molecule has 0 amide bonds. The van der Waals surface area contributed by atoms with Crippen LogP contribution >= 0.6 is 0 Å². The van der Waals surface area contributed by atoms with Gasteiger partial charge in [-0.05, 0) is 31.1 Å². The molecule has 2 N–H and O–H groups in total. The number of hydrogen-bond donors (Lipinski definition) is 2. The molecule has 3 atom stereocenters. The van der Waals surface area contributed by atoms with Gasteiger partial charge in [0.15, 0.2) is 0 Å². The number of hydrogen-bond acceptors (Lipinski definition) is 2. The topological polar surface area (TPSA) is 32.3 Å². The van der Waals surface area contributed by atoms with Crippen molar-refractivity contribution in [1.29, 1.82) is 0 Å². The third-order valence-electron chi connectivity index (χ3n) is 4.65. The number of rotatable bonds is 2. The molecule has 2 rings (SSSR count). The summed E-state index contributed by atoms with van der Waals surface area (Å²) in [6.45, 7) is 4.75. The minimum absolute atomic E-state index is 0.105. The molecule has 2 saturated carbocycles. The first kappa shape index (κ1) is 12.4. The summed E-state index contributed by atoms with van der Waals surface area (Å²) in [6, 6.07) is 0.968. The van der Waals surface area contributed by atoms with Crippen LogP contribution in [0.1, 0.15) is 65.2 Å². The van der Waals surface area contributed by atoms with E-state index in [1.807, 2.05) is 0 Å². The van der Waals surface area contributed by atoms with Gasteiger partial charge in [0.2, 0.25) is 0 Å². The molecule has 2 heteroatoms. The van der Waals surface area contributed by atoms with E-state index in [4.69, 9.17) is 0 Å². The van der Waals surface area contributed by atoms with E-state index in [9.17, 15) is 5.11 Å². The van der Waals surface area contributed by atoms with Crippen molar-refractivity contribution >= 4 is 0 Å². The summed E-state index contributed by atoms with van der Waals surface area (Å²) in [4.78, 5) is 0. The molecule has 94 valence electrons. The van der Waals surface area contributed by atoms with Crippen LogP contribution in [0.15, 0.2) is 0 Å². The molecule has 2 nitrogen and oxygen atoms in total. The monoisotopic (exact) mass is 225 g/mol. The molecule has 2 aliphatic rings. The van der Waals surface area contributed by atoms with E-state index in [-0.39, 0.29) is 6.10 Å². The van der Waals surface area contributed by atoms with Crippen molar-refractivity contribution in [2.45, 2.75) is 83.4 Å². The molecule has 0 bridgehead atoms. The molecular weight excluding hydrogens is 198 g/mol. The first-order valence-electron chi connectivity index (χ1n) is 7.04. The van der Waals surface area contributed by atoms with Gasteiger partial charge in [0, 0.05) is 12.1 Å². The summed E-state index contributed by atoms with van der Waals surface area (Å²) in [5.74, 6) is 0. The molecule has 0 aromatic heterocycles. The largest absolute Gasteiger partial charge is 0.392 e. The van der Waals surface area contributed by atoms with E-state index < -0.39 is 0 Å². The SMILES string of the molecule is CC1(C)CCCCC1N[C@@H]1CCCC[C@H]1O. The first-order valence-corrected chi connectivity index (χ1v) is 7.04. The predicted octanol–water partition coefficient (Wildman–Crippen LogP) is 2.85. The van der Waals surface area contributed by atoms with Crippen molar-refractivity contribution in [2.24, 2.45) is 5.41 Å². The van der Waals surface area contributed by atoms with Crippen LogP contribution in [0.2, 0.25) is 0 Å². The molecule has 0 spiro atoms. The molecule has 0 aromatic carbocycles. The second-order valence-electron chi connectivity index (χ2n) is 6.41. The Hall–Kier alpha value is -0.0800. The average Bonchev–Trinajstić information content (AvgIpc) is 2.24. The summed E-state index contributed by atoms with van der Waals surface area (Å²) in [5, 5.41) is 13.8. The van der Waals surface area contributed by atoms with Crippen molar-refractivity contribution in [2.75, 3.05) is 0 Å². The fourth-order valence-electron chi connectivity index (χ4n) is 3.37. The number of aliphatic hydroxyl groups excluding tert-OH is 1. The second-order valence-corrected chi connectivity index (χ2v) is 6.41. The van der Waals surface area contributed by atoms with Gasteiger partial charge in [-0.15, -0.1) is 0 Å². The molecule has 2 aliphatic carbocycles. The molecule has 1 unspecified atom stereocenters. The van der Waals surface area contributed by atoms with Gasteiger partial charge in [0.05, 0.1) is 6.10 Å². The van der Waals surface area contributed by atoms with Crippen molar-refractivity contribution < 1.29 is 5.11 Å². The maximum absolute atomic E-state index is 10.0. The Morgan fingerprint density at radius 1 is 1.00 bits per heavy atom. The van der Waals surface area contributed by atoms with E-state index >= 15 is 0 Å². The van der Waals surface area contributed by atoms with Gasteiger partial charge in [0.25, 0.3) is 0 Å². The quantitative estimate of drug-likeness (QED) is 0.757. The van der Waals surface area contributed by atoms with Crippen LogP contribution in [0.5, 0.6) is 0 Å². The van der Waals surface area contributed by atoms with E-state index in [2.05, 4.69) is 19.2 Å². The zero-order valence-electron chi connectivity index (χ0n) is 10.8. The van der Waals surface area contributed by atoms with Gasteiger partial charge >= 0.3 is 0 Å². The zero-order valence-corrected chi connectivity index (χ0v) is 10.8. The van der Waals surface area contributed by atoms with Crippen LogP contribution in [0, 0.1) is 5.41 Å². The van der Waals surface area contributed by atoms with Crippen molar-refractivity contribution in [3.63, 3.8) is 0 Å². The Morgan fingerprint density at radius 2 is 1.69 bits per heavy atom. The van der Waals surface area contributed by atoms with Crippen molar-refractivity contribution in [3.8, 4) is 0 Å². The van der Waals surface area contributed by atoms with Crippen molar-refractivity contribution in [3.05, 3.63) is 0 Å². The maximum atomic E-state index is 10.0. The van der Waals surface area contributed by atoms with Gasteiger partial charge in [-0.2, -0.15) is 0 Å². The van der Waals surface area contributed by atoms with Crippen LogP contribution < -0.4 is 5.32 Å². The predicted molar refractivity (Wildman–Crippen MR) is 67.4 cm³/mol. The lowest BCUT2D eigenvalue weighted by atomic mass is 9.72.